The summed E-state index contributed by atoms with van der Waals surface area (Å²) in [5.41, 5.74) is 0.000361. The van der Waals surface area contributed by atoms with Gasteiger partial charge in [0.25, 0.3) is 0 Å². The van der Waals surface area contributed by atoms with E-state index in [9.17, 15) is 5.11 Å². The molecule has 2 rings (SSSR count). The number of hydrogen-bond donors (Lipinski definition) is 2. The van der Waals surface area contributed by atoms with E-state index in [1.165, 1.54) is 45.2 Å². The molecule has 0 bridgehead atoms. The van der Waals surface area contributed by atoms with Gasteiger partial charge in [-0.15, -0.1) is 0 Å². The highest BCUT2D eigenvalue weighted by Crippen LogP contribution is 2.32. The number of rotatable bonds is 3. The predicted molar refractivity (Wildman–Crippen MR) is 66.6 cm³/mol. The Hall–Kier alpha value is -0.120. The van der Waals surface area contributed by atoms with Crippen LogP contribution in [0.15, 0.2) is 0 Å². The first-order chi connectivity index (χ1) is 7.79. The lowest BCUT2D eigenvalue weighted by molar-refractivity contribution is 0.0548. The maximum absolute atomic E-state index is 9.58. The van der Waals surface area contributed by atoms with Gasteiger partial charge in [0.1, 0.15) is 0 Å². The third-order valence-electron chi connectivity index (χ3n) is 4.56. The number of likely N-dealkylation sites (tertiary alicyclic amines) is 1. The molecule has 1 aliphatic carbocycles. The van der Waals surface area contributed by atoms with Crippen molar-refractivity contribution in [2.24, 2.45) is 0 Å². The molecule has 1 aliphatic heterocycles. The number of piperidine rings is 1. The minimum absolute atomic E-state index is 0.000361. The van der Waals surface area contributed by atoms with Gasteiger partial charge in [0.2, 0.25) is 0 Å². The van der Waals surface area contributed by atoms with Crippen molar-refractivity contribution in [2.75, 3.05) is 26.7 Å². The number of nitrogens with zero attached hydrogens (tertiary/aromatic N) is 1. The second kappa shape index (κ2) is 5.48. The fourth-order valence-electron chi connectivity index (χ4n) is 3.38. The monoisotopic (exact) mass is 226 g/mol. The van der Waals surface area contributed by atoms with Gasteiger partial charge in [-0.2, -0.15) is 0 Å². The summed E-state index contributed by atoms with van der Waals surface area (Å²) in [6.07, 6.45) is 8.96. The standard InChI is InChI=1S/C13H26N2O/c1-14-13(11-16)7-5-6-12(10-13)15-8-3-2-4-9-15/h12,14,16H,2-11H2,1H3. The molecule has 0 aromatic rings. The Kier molecular flexibility index (Phi) is 4.22. The van der Waals surface area contributed by atoms with E-state index < -0.39 is 0 Å². The van der Waals surface area contributed by atoms with Crippen LogP contribution in [0.5, 0.6) is 0 Å². The number of nitrogens with one attached hydrogen (secondary N) is 1. The van der Waals surface area contributed by atoms with Crippen molar-refractivity contribution in [3.63, 3.8) is 0 Å². The molecule has 0 spiro atoms. The lowest BCUT2D eigenvalue weighted by atomic mass is 9.78. The molecule has 0 aromatic carbocycles. The Bertz CT molecular complexity index is 210. The predicted octanol–water partition coefficient (Wildman–Crippen LogP) is 1.37. The molecule has 1 heterocycles. The van der Waals surface area contributed by atoms with E-state index in [-0.39, 0.29) is 12.1 Å². The van der Waals surface area contributed by atoms with Crippen LogP contribution in [0.4, 0.5) is 0 Å². The highest BCUT2D eigenvalue weighted by atomic mass is 16.3. The van der Waals surface area contributed by atoms with Crippen LogP contribution in [0.3, 0.4) is 0 Å². The van der Waals surface area contributed by atoms with Crippen molar-refractivity contribution < 1.29 is 5.11 Å². The molecule has 94 valence electrons. The second-order valence-corrected chi connectivity index (χ2v) is 5.54. The lowest BCUT2D eigenvalue weighted by Crippen LogP contribution is -2.55. The molecular formula is C13H26N2O. The van der Waals surface area contributed by atoms with Crippen LogP contribution in [0.1, 0.15) is 44.9 Å². The van der Waals surface area contributed by atoms with Gasteiger partial charge < -0.3 is 15.3 Å². The maximum atomic E-state index is 9.58. The quantitative estimate of drug-likeness (QED) is 0.763. The molecule has 0 aromatic heterocycles. The smallest absolute Gasteiger partial charge is 0.0613 e. The first-order valence-electron chi connectivity index (χ1n) is 6.83. The molecule has 0 amide bonds. The average Bonchev–Trinajstić information content (AvgIpc) is 2.40. The molecule has 0 radical (unpaired) electrons. The number of aliphatic hydroxyl groups is 1. The minimum Gasteiger partial charge on any atom is -0.394 e. The Morgan fingerprint density at radius 2 is 2.00 bits per heavy atom. The summed E-state index contributed by atoms with van der Waals surface area (Å²) in [6, 6.07) is 0.702. The summed E-state index contributed by atoms with van der Waals surface area (Å²) in [5.74, 6) is 0. The first-order valence-corrected chi connectivity index (χ1v) is 6.83. The normalized spacial score (nSPS) is 37.5. The second-order valence-electron chi connectivity index (χ2n) is 5.54. The van der Waals surface area contributed by atoms with Crippen molar-refractivity contribution >= 4 is 0 Å². The van der Waals surface area contributed by atoms with Gasteiger partial charge in [0.15, 0.2) is 0 Å². The van der Waals surface area contributed by atoms with Gasteiger partial charge in [-0.05, 0) is 58.7 Å². The van der Waals surface area contributed by atoms with Crippen molar-refractivity contribution in [1.82, 2.24) is 10.2 Å². The number of likely N-dealkylation sites (N-methyl/N-ethyl adjacent to an activating group) is 1. The van der Waals surface area contributed by atoms with Gasteiger partial charge in [0, 0.05) is 11.6 Å². The lowest BCUT2D eigenvalue weighted by Gasteiger charge is -2.45. The molecule has 2 N–H and O–H groups in total. The number of aliphatic hydroxyl groups excluding tert-OH is 1. The Balaban J connectivity index is 1.94. The molecule has 2 unspecified atom stereocenters. The van der Waals surface area contributed by atoms with E-state index in [4.69, 9.17) is 0 Å². The minimum atomic E-state index is 0.000361. The van der Waals surface area contributed by atoms with Crippen LogP contribution in [0.25, 0.3) is 0 Å². The summed E-state index contributed by atoms with van der Waals surface area (Å²) in [6.45, 7) is 2.83. The fourth-order valence-corrected chi connectivity index (χ4v) is 3.38. The van der Waals surface area contributed by atoms with Crippen molar-refractivity contribution in [3.05, 3.63) is 0 Å². The molecule has 1 saturated heterocycles. The summed E-state index contributed by atoms with van der Waals surface area (Å²) < 4.78 is 0. The summed E-state index contributed by atoms with van der Waals surface area (Å²) in [7, 11) is 1.99. The largest absolute Gasteiger partial charge is 0.394 e. The SMILES string of the molecule is CNC1(CO)CCCC(N2CCCCC2)C1. The van der Waals surface area contributed by atoms with Gasteiger partial charge >= 0.3 is 0 Å². The number of hydrogen-bond acceptors (Lipinski definition) is 3. The van der Waals surface area contributed by atoms with E-state index in [0.717, 1.165) is 12.8 Å². The summed E-state index contributed by atoms with van der Waals surface area (Å²) in [4.78, 5) is 2.66. The first kappa shape index (κ1) is 12.3. The van der Waals surface area contributed by atoms with E-state index in [2.05, 4.69) is 10.2 Å². The maximum Gasteiger partial charge on any atom is 0.0613 e. The molecule has 1 saturated carbocycles. The Labute approximate surface area is 99.2 Å². The van der Waals surface area contributed by atoms with Crippen LogP contribution >= 0.6 is 0 Å². The zero-order valence-electron chi connectivity index (χ0n) is 10.5. The third-order valence-corrected chi connectivity index (χ3v) is 4.56. The Morgan fingerprint density at radius 3 is 2.62 bits per heavy atom. The molecule has 2 aliphatic rings. The molecule has 2 atom stereocenters. The zero-order valence-corrected chi connectivity index (χ0v) is 10.5. The zero-order chi connectivity index (χ0) is 11.4. The average molecular weight is 226 g/mol. The van der Waals surface area contributed by atoms with Gasteiger partial charge in [0.05, 0.1) is 6.61 Å². The molecular weight excluding hydrogens is 200 g/mol. The van der Waals surface area contributed by atoms with Crippen molar-refractivity contribution in [2.45, 2.75) is 56.5 Å². The fraction of sp³-hybridized carbons (Fsp3) is 1.00. The molecule has 16 heavy (non-hydrogen) atoms. The van der Waals surface area contributed by atoms with Crippen LogP contribution in [-0.4, -0.2) is 48.3 Å². The highest BCUT2D eigenvalue weighted by molar-refractivity contribution is 4.95. The van der Waals surface area contributed by atoms with E-state index in [0.29, 0.717) is 6.04 Å². The molecule has 3 heteroatoms. The molecule has 2 fully saturated rings. The topological polar surface area (TPSA) is 35.5 Å². The van der Waals surface area contributed by atoms with Crippen molar-refractivity contribution in [3.8, 4) is 0 Å². The van der Waals surface area contributed by atoms with Gasteiger partial charge in [-0.3, -0.25) is 0 Å². The van der Waals surface area contributed by atoms with Gasteiger partial charge in [-0.25, -0.2) is 0 Å². The van der Waals surface area contributed by atoms with Crippen LogP contribution in [0.2, 0.25) is 0 Å². The third kappa shape index (κ3) is 2.58. The van der Waals surface area contributed by atoms with E-state index in [1.54, 1.807) is 0 Å². The van der Waals surface area contributed by atoms with Crippen molar-refractivity contribution in [1.29, 1.82) is 0 Å². The summed E-state index contributed by atoms with van der Waals surface area (Å²) in [5, 5.41) is 12.9. The van der Waals surface area contributed by atoms with Crippen LogP contribution in [-0.2, 0) is 0 Å². The van der Waals surface area contributed by atoms with Gasteiger partial charge in [-0.1, -0.05) is 6.42 Å². The highest BCUT2D eigenvalue weighted by Gasteiger charge is 2.36. The van der Waals surface area contributed by atoms with E-state index >= 15 is 0 Å². The Morgan fingerprint density at radius 1 is 1.25 bits per heavy atom. The van der Waals surface area contributed by atoms with E-state index in [1.807, 2.05) is 7.05 Å². The molecule has 3 nitrogen and oxygen atoms in total. The van der Waals surface area contributed by atoms with Crippen LogP contribution in [0, 0.1) is 0 Å². The van der Waals surface area contributed by atoms with Crippen LogP contribution < -0.4 is 5.32 Å². The summed E-state index contributed by atoms with van der Waals surface area (Å²) >= 11 is 0.